The molecule has 0 aromatic heterocycles. The van der Waals surface area contributed by atoms with Gasteiger partial charge in [0.2, 0.25) is 0 Å². The molecule has 0 amide bonds. The Balaban J connectivity index is 2.67. The summed E-state index contributed by atoms with van der Waals surface area (Å²) < 4.78 is 5.35. The lowest BCUT2D eigenvalue weighted by atomic mass is 9.97. The Kier molecular flexibility index (Phi) is 4.58. The summed E-state index contributed by atoms with van der Waals surface area (Å²) in [6, 6.07) is 7.22. The Hall–Kier alpha value is -0.570. The van der Waals surface area contributed by atoms with Gasteiger partial charge in [-0.1, -0.05) is 30.7 Å². The van der Waals surface area contributed by atoms with Crippen molar-refractivity contribution in [1.82, 2.24) is 0 Å². The first-order chi connectivity index (χ1) is 7.06. The average molecular weight is 229 g/mol. The van der Waals surface area contributed by atoms with Gasteiger partial charge in [-0.15, -0.1) is 0 Å². The van der Waals surface area contributed by atoms with Crippen LogP contribution in [0.15, 0.2) is 24.3 Å². The maximum Gasteiger partial charge on any atom is 0.110 e. The van der Waals surface area contributed by atoms with E-state index in [0.29, 0.717) is 18.2 Å². The fourth-order valence-corrected chi connectivity index (χ4v) is 1.51. The Morgan fingerprint density at radius 2 is 2.20 bits per heavy atom. The number of halogens is 1. The zero-order valence-corrected chi connectivity index (χ0v) is 9.92. The summed E-state index contributed by atoms with van der Waals surface area (Å²) in [5.74, 6) is 0. The molecular formula is C12H17ClO2. The first-order valence-electron chi connectivity index (χ1n) is 5.12. The van der Waals surface area contributed by atoms with Crippen molar-refractivity contribution in [3.05, 3.63) is 34.9 Å². The Morgan fingerprint density at radius 1 is 1.47 bits per heavy atom. The second-order valence-electron chi connectivity index (χ2n) is 3.84. The van der Waals surface area contributed by atoms with Gasteiger partial charge in [0.25, 0.3) is 0 Å². The predicted molar refractivity (Wildman–Crippen MR) is 62.1 cm³/mol. The first kappa shape index (κ1) is 12.5. The smallest absolute Gasteiger partial charge is 0.110 e. The highest BCUT2D eigenvalue weighted by Gasteiger charge is 2.23. The summed E-state index contributed by atoms with van der Waals surface area (Å²) >= 11 is 5.86. The Bertz CT molecular complexity index is 310. The predicted octanol–water partition coefficient (Wildman–Crippen LogP) is 2.97. The van der Waals surface area contributed by atoms with Gasteiger partial charge in [0.1, 0.15) is 5.60 Å². The van der Waals surface area contributed by atoms with E-state index in [1.165, 1.54) is 0 Å². The van der Waals surface area contributed by atoms with E-state index >= 15 is 0 Å². The van der Waals surface area contributed by atoms with Gasteiger partial charge in [-0.25, -0.2) is 0 Å². The zero-order valence-electron chi connectivity index (χ0n) is 9.16. The van der Waals surface area contributed by atoms with Crippen LogP contribution in [0.5, 0.6) is 0 Å². The number of hydrogen-bond acceptors (Lipinski definition) is 2. The van der Waals surface area contributed by atoms with E-state index in [1.807, 2.05) is 19.1 Å². The van der Waals surface area contributed by atoms with E-state index in [2.05, 4.69) is 0 Å². The molecule has 15 heavy (non-hydrogen) atoms. The van der Waals surface area contributed by atoms with Gasteiger partial charge in [0, 0.05) is 11.6 Å². The summed E-state index contributed by atoms with van der Waals surface area (Å²) in [6.45, 7) is 4.72. The van der Waals surface area contributed by atoms with E-state index in [9.17, 15) is 5.11 Å². The fourth-order valence-electron chi connectivity index (χ4n) is 1.32. The van der Waals surface area contributed by atoms with Gasteiger partial charge in [-0.05, 0) is 31.0 Å². The van der Waals surface area contributed by atoms with Crippen LogP contribution in [-0.2, 0) is 10.3 Å². The standard InChI is InChI=1S/C12H17ClO2/c1-3-7-15-9-12(2,14)10-5-4-6-11(13)8-10/h4-6,8,14H,3,7,9H2,1-2H3. The molecule has 0 bridgehead atoms. The highest BCUT2D eigenvalue weighted by atomic mass is 35.5. The second-order valence-corrected chi connectivity index (χ2v) is 4.27. The van der Waals surface area contributed by atoms with E-state index in [1.54, 1.807) is 19.1 Å². The summed E-state index contributed by atoms with van der Waals surface area (Å²) in [5, 5.41) is 10.8. The molecule has 2 nitrogen and oxygen atoms in total. The normalized spacial score (nSPS) is 14.9. The molecule has 1 rings (SSSR count). The third-order valence-corrected chi connectivity index (χ3v) is 2.41. The van der Waals surface area contributed by atoms with Crippen molar-refractivity contribution in [2.45, 2.75) is 25.9 Å². The maximum atomic E-state index is 10.2. The van der Waals surface area contributed by atoms with Crippen molar-refractivity contribution in [1.29, 1.82) is 0 Å². The number of hydrogen-bond donors (Lipinski definition) is 1. The molecule has 0 heterocycles. The highest BCUT2D eigenvalue weighted by Crippen LogP contribution is 2.23. The third kappa shape index (κ3) is 3.82. The lowest BCUT2D eigenvalue weighted by molar-refractivity contribution is -0.0375. The summed E-state index contributed by atoms with van der Waals surface area (Å²) in [6.07, 6.45) is 0.950. The minimum absolute atomic E-state index is 0.293. The lowest BCUT2D eigenvalue weighted by Crippen LogP contribution is -2.27. The minimum atomic E-state index is -0.972. The maximum absolute atomic E-state index is 10.2. The van der Waals surface area contributed by atoms with E-state index < -0.39 is 5.60 Å². The molecule has 84 valence electrons. The number of benzene rings is 1. The van der Waals surface area contributed by atoms with E-state index in [-0.39, 0.29) is 0 Å². The average Bonchev–Trinajstić information content (AvgIpc) is 2.18. The van der Waals surface area contributed by atoms with Gasteiger partial charge >= 0.3 is 0 Å². The van der Waals surface area contributed by atoms with Gasteiger partial charge < -0.3 is 9.84 Å². The van der Waals surface area contributed by atoms with Crippen molar-refractivity contribution < 1.29 is 9.84 Å². The highest BCUT2D eigenvalue weighted by molar-refractivity contribution is 6.30. The van der Waals surface area contributed by atoms with Crippen molar-refractivity contribution in [2.75, 3.05) is 13.2 Å². The van der Waals surface area contributed by atoms with Crippen LogP contribution in [0.1, 0.15) is 25.8 Å². The topological polar surface area (TPSA) is 29.5 Å². The van der Waals surface area contributed by atoms with Crippen LogP contribution in [-0.4, -0.2) is 18.3 Å². The Morgan fingerprint density at radius 3 is 2.80 bits per heavy atom. The van der Waals surface area contributed by atoms with Crippen molar-refractivity contribution in [3.8, 4) is 0 Å². The van der Waals surface area contributed by atoms with Gasteiger partial charge in [0.05, 0.1) is 6.61 Å². The van der Waals surface area contributed by atoms with Crippen LogP contribution in [0.4, 0.5) is 0 Å². The molecule has 0 fully saturated rings. The molecule has 0 saturated heterocycles. The van der Waals surface area contributed by atoms with Crippen molar-refractivity contribution in [3.63, 3.8) is 0 Å². The molecule has 0 aliphatic heterocycles. The SMILES string of the molecule is CCCOCC(C)(O)c1cccc(Cl)c1. The summed E-state index contributed by atoms with van der Waals surface area (Å²) in [7, 11) is 0. The molecule has 3 heteroatoms. The minimum Gasteiger partial charge on any atom is -0.383 e. The summed E-state index contributed by atoms with van der Waals surface area (Å²) in [5.41, 5.74) is -0.189. The zero-order chi connectivity index (χ0) is 11.3. The Labute approximate surface area is 95.8 Å². The molecule has 0 radical (unpaired) electrons. The number of rotatable bonds is 5. The molecule has 1 N–H and O–H groups in total. The molecule has 0 aliphatic carbocycles. The largest absolute Gasteiger partial charge is 0.383 e. The van der Waals surface area contributed by atoms with Crippen LogP contribution in [0.2, 0.25) is 5.02 Å². The van der Waals surface area contributed by atoms with E-state index in [0.717, 1.165) is 12.0 Å². The number of aliphatic hydroxyl groups is 1. The van der Waals surface area contributed by atoms with Crippen LogP contribution in [0, 0.1) is 0 Å². The molecule has 0 aliphatic rings. The van der Waals surface area contributed by atoms with Crippen LogP contribution in [0.25, 0.3) is 0 Å². The molecular weight excluding hydrogens is 212 g/mol. The molecule has 0 saturated carbocycles. The molecule has 1 aromatic carbocycles. The number of ether oxygens (including phenoxy) is 1. The molecule has 1 atom stereocenters. The quantitative estimate of drug-likeness (QED) is 0.786. The molecule has 0 spiro atoms. The van der Waals surface area contributed by atoms with E-state index in [4.69, 9.17) is 16.3 Å². The van der Waals surface area contributed by atoms with Crippen LogP contribution < -0.4 is 0 Å². The molecule has 1 unspecified atom stereocenters. The van der Waals surface area contributed by atoms with Gasteiger partial charge in [0.15, 0.2) is 0 Å². The summed E-state index contributed by atoms with van der Waals surface area (Å²) in [4.78, 5) is 0. The lowest BCUT2D eigenvalue weighted by Gasteiger charge is -2.23. The van der Waals surface area contributed by atoms with Gasteiger partial charge in [-0.3, -0.25) is 0 Å². The first-order valence-corrected chi connectivity index (χ1v) is 5.50. The van der Waals surface area contributed by atoms with Crippen LogP contribution >= 0.6 is 11.6 Å². The van der Waals surface area contributed by atoms with Gasteiger partial charge in [-0.2, -0.15) is 0 Å². The monoisotopic (exact) mass is 228 g/mol. The van der Waals surface area contributed by atoms with Crippen molar-refractivity contribution >= 4 is 11.6 Å². The molecule has 1 aromatic rings. The fraction of sp³-hybridized carbons (Fsp3) is 0.500. The second kappa shape index (κ2) is 5.50. The third-order valence-electron chi connectivity index (χ3n) is 2.18. The van der Waals surface area contributed by atoms with Crippen molar-refractivity contribution in [2.24, 2.45) is 0 Å². The van der Waals surface area contributed by atoms with Crippen LogP contribution in [0.3, 0.4) is 0 Å².